The van der Waals surface area contributed by atoms with Crippen molar-refractivity contribution in [1.29, 1.82) is 0 Å². The fraction of sp³-hybridized carbons (Fsp3) is 0.429. The van der Waals surface area contributed by atoms with Crippen LogP contribution < -0.4 is 5.32 Å². The number of hydrogen-bond donors (Lipinski definition) is 1. The number of likely N-dealkylation sites (N-methyl/N-ethyl adjacent to an activating group) is 1. The predicted molar refractivity (Wildman–Crippen MR) is 109 cm³/mol. The summed E-state index contributed by atoms with van der Waals surface area (Å²) in [5.74, 6) is -1.48. The van der Waals surface area contributed by atoms with Crippen LogP contribution in [0.3, 0.4) is 0 Å². The van der Waals surface area contributed by atoms with Gasteiger partial charge in [0.2, 0.25) is 5.91 Å². The summed E-state index contributed by atoms with van der Waals surface area (Å²) in [7, 11) is 3.90. The van der Waals surface area contributed by atoms with E-state index in [9.17, 15) is 18.0 Å². The molecule has 3 rings (SSSR count). The van der Waals surface area contributed by atoms with Gasteiger partial charge in [-0.25, -0.2) is 9.50 Å². The molecule has 0 radical (unpaired) electrons. The first kappa shape index (κ1) is 22.7. The molecular formula is C21H25F3N6O. The minimum absolute atomic E-state index is 0.0302. The summed E-state index contributed by atoms with van der Waals surface area (Å²) in [6, 6.07) is 9.91. The number of carbonyl (C=O) groups is 1. The fourth-order valence-electron chi connectivity index (χ4n) is 3.50. The standard InChI is InChI=1S/C21H25F3N6O/c1-13-16(14(2)30-20(26-13)27-19(28-30)21(22,23)24)10-11-18(31)25-12-17(29(3)4)15-8-6-5-7-9-15/h5-9,17H,10-12H2,1-4H3,(H,25,31). The molecule has 1 amide bonds. The number of aryl methyl sites for hydroxylation is 2. The van der Waals surface area contributed by atoms with E-state index in [1.807, 2.05) is 49.3 Å². The van der Waals surface area contributed by atoms with E-state index < -0.39 is 12.0 Å². The molecule has 2 aromatic heterocycles. The quantitative estimate of drug-likeness (QED) is 0.619. The molecule has 2 heterocycles. The van der Waals surface area contributed by atoms with Crippen LogP contribution in [0.15, 0.2) is 30.3 Å². The van der Waals surface area contributed by atoms with E-state index in [4.69, 9.17) is 0 Å². The molecule has 1 atom stereocenters. The SMILES string of the molecule is Cc1nc2nc(C(F)(F)F)nn2c(C)c1CCC(=O)NCC(c1ccccc1)N(C)C. The normalized spacial score (nSPS) is 13.0. The summed E-state index contributed by atoms with van der Waals surface area (Å²) in [5, 5.41) is 6.49. The third kappa shape index (κ3) is 5.19. The Hall–Kier alpha value is -3.01. The van der Waals surface area contributed by atoms with E-state index in [0.29, 0.717) is 29.9 Å². The fourth-order valence-corrected chi connectivity index (χ4v) is 3.50. The molecule has 3 aromatic rings. The number of halogens is 3. The first-order valence-corrected chi connectivity index (χ1v) is 9.86. The Bertz CT molecular complexity index is 1060. The largest absolute Gasteiger partial charge is 0.453 e. The molecule has 10 heteroatoms. The molecule has 31 heavy (non-hydrogen) atoms. The number of benzene rings is 1. The van der Waals surface area contributed by atoms with Crippen LogP contribution in [0.2, 0.25) is 0 Å². The maximum absolute atomic E-state index is 12.9. The highest BCUT2D eigenvalue weighted by Crippen LogP contribution is 2.27. The molecule has 0 bridgehead atoms. The van der Waals surface area contributed by atoms with Crippen molar-refractivity contribution in [2.75, 3.05) is 20.6 Å². The Morgan fingerprint density at radius 3 is 2.45 bits per heavy atom. The van der Waals surface area contributed by atoms with Crippen molar-refractivity contribution < 1.29 is 18.0 Å². The predicted octanol–water partition coefficient (Wildman–Crippen LogP) is 3.11. The van der Waals surface area contributed by atoms with Crippen molar-refractivity contribution >= 4 is 11.7 Å². The molecule has 7 nitrogen and oxygen atoms in total. The van der Waals surface area contributed by atoms with E-state index >= 15 is 0 Å². The first-order chi connectivity index (χ1) is 14.6. The third-order valence-corrected chi connectivity index (χ3v) is 5.20. The van der Waals surface area contributed by atoms with Crippen LogP contribution in [0.5, 0.6) is 0 Å². The summed E-state index contributed by atoms with van der Waals surface area (Å²) < 4.78 is 39.8. The Morgan fingerprint density at radius 1 is 1.16 bits per heavy atom. The lowest BCUT2D eigenvalue weighted by atomic mass is 10.0. The second-order valence-electron chi connectivity index (χ2n) is 7.60. The maximum atomic E-state index is 12.9. The zero-order valence-corrected chi connectivity index (χ0v) is 17.9. The number of fused-ring (bicyclic) bond motifs is 1. The Labute approximate surface area is 178 Å². The Kier molecular flexibility index (Phi) is 6.59. The number of hydrogen-bond acceptors (Lipinski definition) is 5. The van der Waals surface area contributed by atoms with Gasteiger partial charge in [0.25, 0.3) is 11.6 Å². The molecule has 0 aliphatic carbocycles. The van der Waals surface area contributed by atoms with E-state index in [1.165, 1.54) is 0 Å². The molecule has 1 N–H and O–H groups in total. The van der Waals surface area contributed by atoms with Crippen LogP contribution >= 0.6 is 0 Å². The zero-order valence-electron chi connectivity index (χ0n) is 17.9. The molecule has 0 aliphatic rings. The zero-order chi connectivity index (χ0) is 22.8. The summed E-state index contributed by atoms with van der Waals surface area (Å²) in [4.78, 5) is 22.1. The summed E-state index contributed by atoms with van der Waals surface area (Å²) >= 11 is 0. The van der Waals surface area contributed by atoms with Crippen molar-refractivity contribution in [2.45, 2.75) is 38.9 Å². The average Bonchev–Trinajstić information content (AvgIpc) is 3.13. The number of alkyl halides is 3. The Morgan fingerprint density at radius 2 is 1.84 bits per heavy atom. The van der Waals surface area contributed by atoms with Crippen molar-refractivity contribution in [3.63, 3.8) is 0 Å². The highest BCUT2D eigenvalue weighted by Gasteiger charge is 2.37. The Balaban J connectivity index is 1.68. The molecular weight excluding hydrogens is 409 g/mol. The monoisotopic (exact) mass is 434 g/mol. The van der Waals surface area contributed by atoms with E-state index in [-0.39, 0.29) is 24.1 Å². The number of nitrogens with zero attached hydrogens (tertiary/aromatic N) is 5. The summed E-state index contributed by atoms with van der Waals surface area (Å²) in [6.45, 7) is 3.80. The van der Waals surface area contributed by atoms with Gasteiger partial charge in [0, 0.05) is 24.4 Å². The van der Waals surface area contributed by atoms with Gasteiger partial charge in [-0.3, -0.25) is 4.79 Å². The van der Waals surface area contributed by atoms with Gasteiger partial charge in [0.1, 0.15) is 0 Å². The lowest BCUT2D eigenvalue weighted by Gasteiger charge is -2.25. The molecule has 0 fully saturated rings. The molecule has 0 spiro atoms. The van der Waals surface area contributed by atoms with E-state index in [0.717, 1.165) is 10.1 Å². The van der Waals surface area contributed by atoms with Gasteiger partial charge in [-0.05, 0) is 45.5 Å². The van der Waals surface area contributed by atoms with Gasteiger partial charge < -0.3 is 10.2 Å². The summed E-state index contributed by atoms with van der Waals surface area (Å²) in [5.41, 5.74) is 2.82. The van der Waals surface area contributed by atoms with Gasteiger partial charge in [-0.2, -0.15) is 18.2 Å². The smallest absolute Gasteiger partial charge is 0.354 e. The minimum atomic E-state index is -4.64. The molecule has 0 saturated heterocycles. The second kappa shape index (κ2) is 9.01. The molecule has 166 valence electrons. The molecule has 0 aliphatic heterocycles. The van der Waals surface area contributed by atoms with Gasteiger partial charge in [-0.1, -0.05) is 30.3 Å². The average molecular weight is 434 g/mol. The van der Waals surface area contributed by atoms with Crippen molar-refractivity contribution in [2.24, 2.45) is 0 Å². The van der Waals surface area contributed by atoms with Gasteiger partial charge in [-0.15, -0.1) is 5.10 Å². The van der Waals surface area contributed by atoms with Gasteiger partial charge in [0.05, 0.1) is 6.04 Å². The van der Waals surface area contributed by atoms with Crippen LogP contribution in [0.25, 0.3) is 5.78 Å². The summed E-state index contributed by atoms with van der Waals surface area (Å²) in [6.07, 6.45) is -4.12. The van der Waals surface area contributed by atoms with E-state index in [1.54, 1.807) is 13.8 Å². The van der Waals surface area contributed by atoms with Crippen molar-refractivity contribution in [1.82, 2.24) is 29.8 Å². The number of rotatable bonds is 7. The molecule has 1 aromatic carbocycles. The molecule has 1 unspecified atom stereocenters. The highest BCUT2D eigenvalue weighted by molar-refractivity contribution is 5.76. The van der Waals surface area contributed by atoms with Gasteiger partial charge in [0.15, 0.2) is 0 Å². The van der Waals surface area contributed by atoms with Crippen molar-refractivity contribution in [3.05, 3.63) is 58.7 Å². The number of amides is 1. The second-order valence-corrected chi connectivity index (χ2v) is 7.60. The van der Waals surface area contributed by atoms with Crippen LogP contribution in [0.1, 0.15) is 40.8 Å². The third-order valence-electron chi connectivity index (χ3n) is 5.20. The van der Waals surface area contributed by atoms with Crippen LogP contribution in [-0.4, -0.2) is 51.0 Å². The molecule has 0 saturated carbocycles. The van der Waals surface area contributed by atoms with Crippen LogP contribution in [0.4, 0.5) is 13.2 Å². The van der Waals surface area contributed by atoms with Crippen LogP contribution in [0, 0.1) is 13.8 Å². The number of aromatic nitrogens is 4. The van der Waals surface area contributed by atoms with E-state index in [2.05, 4.69) is 20.4 Å². The lowest BCUT2D eigenvalue weighted by molar-refractivity contribution is -0.144. The minimum Gasteiger partial charge on any atom is -0.354 e. The number of carbonyl (C=O) groups excluding carboxylic acids is 1. The van der Waals surface area contributed by atoms with Crippen molar-refractivity contribution in [3.8, 4) is 0 Å². The topological polar surface area (TPSA) is 75.4 Å². The maximum Gasteiger partial charge on any atom is 0.453 e. The van der Waals surface area contributed by atoms with Crippen LogP contribution in [-0.2, 0) is 17.4 Å². The van der Waals surface area contributed by atoms with Gasteiger partial charge >= 0.3 is 6.18 Å². The lowest BCUT2D eigenvalue weighted by Crippen LogP contribution is -2.34. The number of nitrogens with one attached hydrogen (secondary N) is 1. The highest BCUT2D eigenvalue weighted by atomic mass is 19.4. The first-order valence-electron chi connectivity index (χ1n) is 9.86.